The largest absolute Gasteiger partial charge is 0.481 e. The van der Waals surface area contributed by atoms with Gasteiger partial charge >= 0.3 is 0 Å². The van der Waals surface area contributed by atoms with Gasteiger partial charge in [-0.3, -0.25) is 0 Å². The molecule has 1 N–H and O–H groups in total. The van der Waals surface area contributed by atoms with Gasteiger partial charge in [-0.1, -0.05) is 49.1 Å². The van der Waals surface area contributed by atoms with Gasteiger partial charge in [0.2, 0.25) is 0 Å². The molecular weight excluding hydrogens is 258 g/mol. The van der Waals surface area contributed by atoms with E-state index in [-0.39, 0.29) is 0 Å². The summed E-state index contributed by atoms with van der Waals surface area (Å²) in [6.07, 6.45) is 0. The molecule has 1 unspecified atom stereocenters. The van der Waals surface area contributed by atoms with E-state index in [4.69, 9.17) is 4.74 Å². The van der Waals surface area contributed by atoms with E-state index in [0.717, 1.165) is 17.9 Å². The number of benzene rings is 2. The van der Waals surface area contributed by atoms with E-state index in [1.807, 2.05) is 42.5 Å². The third kappa shape index (κ3) is 4.98. The third-order valence-corrected chi connectivity index (χ3v) is 3.21. The van der Waals surface area contributed by atoms with Gasteiger partial charge < -0.3 is 10.1 Å². The van der Waals surface area contributed by atoms with Gasteiger partial charge in [0, 0.05) is 11.6 Å². The fourth-order valence-electron chi connectivity index (χ4n) is 2.06. The fourth-order valence-corrected chi connectivity index (χ4v) is 2.06. The molecule has 2 nitrogen and oxygen atoms in total. The van der Waals surface area contributed by atoms with Crippen LogP contribution in [-0.4, -0.2) is 13.2 Å². The zero-order valence-corrected chi connectivity index (χ0v) is 12.6. The highest BCUT2D eigenvalue weighted by Gasteiger charge is 2.02. The van der Waals surface area contributed by atoms with E-state index in [0.29, 0.717) is 12.6 Å². The van der Waals surface area contributed by atoms with Crippen molar-refractivity contribution in [3.05, 3.63) is 65.7 Å². The van der Waals surface area contributed by atoms with Crippen molar-refractivity contribution in [2.75, 3.05) is 13.2 Å². The van der Waals surface area contributed by atoms with Gasteiger partial charge in [0.25, 0.3) is 0 Å². The van der Waals surface area contributed by atoms with Crippen LogP contribution in [-0.2, 0) is 0 Å². The molecule has 0 aliphatic rings. The van der Waals surface area contributed by atoms with E-state index in [2.05, 4.69) is 43.1 Å². The van der Waals surface area contributed by atoms with Crippen molar-refractivity contribution in [3.8, 4) is 17.6 Å². The number of rotatable bonds is 5. The molecule has 0 radical (unpaired) electrons. The molecule has 21 heavy (non-hydrogen) atoms. The average Bonchev–Trinajstić information content (AvgIpc) is 2.53. The van der Waals surface area contributed by atoms with Crippen molar-refractivity contribution in [2.24, 2.45) is 0 Å². The van der Waals surface area contributed by atoms with Crippen LogP contribution in [0.25, 0.3) is 0 Å². The van der Waals surface area contributed by atoms with Crippen molar-refractivity contribution in [1.82, 2.24) is 5.32 Å². The van der Waals surface area contributed by atoms with Crippen LogP contribution in [0.5, 0.6) is 5.75 Å². The first-order valence-corrected chi connectivity index (χ1v) is 7.29. The molecule has 0 heterocycles. The molecule has 1 atom stereocenters. The minimum atomic E-state index is 0.363. The second kappa shape index (κ2) is 8.14. The van der Waals surface area contributed by atoms with Crippen LogP contribution in [0, 0.1) is 11.8 Å². The van der Waals surface area contributed by atoms with Gasteiger partial charge in [-0.25, -0.2) is 0 Å². The first-order chi connectivity index (χ1) is 10.3. The van der Waals surface area contributed by atoms with Crippen LogP contribution in [0.4, 0.5) is 0 Å². The highest BCUT2D eigenvalue weighted by molar-refractivity contribution is 5.34. The van der Waals surface area contributed by atoms with E-state index in [1.54, 1.807) is 0 Å². The maximum absolute atomic E-state index is 5.63. The molecule has 2 aromatic rings. The highest BCUT2D eigenvalue weighted by Crippen LogP contribution is 2.17. The second-order valence-corrected chi connectivity index (χ2v) is 4.80. The molecule has 2 aromatic carbocycles. The van der Waals surface area contributed by atoms with Crippen LogP contribution < -0.4 is 10.1 Å². The predicted octanol–water partition coefficient (Wildman–Crippen LogP) is 3.79. The maximum Gasteiger partial charge on any atom is 0.149 e. The van der Waals surface area contributed by atoms with Crippen molar-refractivity contribution >= 4 is 0 Å². The Morgan fingerprint density at radius 2 is 1.76 bits per heavy atom. The summed E-state index contributed by atoms with van der Waals surface area (Å²) in [5, 5.41) is 3.39. The Kier molecular flexibility index (Phi) is 5.87. The summed E-state index contributed by atoms with van der Waals surface area (Å²) in [5.41, 5.74) is 2.27. The van der Waals surface area contributed by atoms with E-state index >= 15 is 0 Å². The number of hydrogen-bond acceptors (Lipinski definition) is 2. The Morgan fingerprint density at radius 3 is 2.43 bits per heavy atom. The molecule has 0 amide bonds. The molecule has 2 rings (SSSR count). The molecule has 0 saturated heterocycles. The van der Waals surface area contributed by atoms with Gasteiger partial charge in [-0.05, 0) is 43.3 Å². The minimum absolute atomic E-state index is 0.363. The maximum atomic E-state index is 5.63. The van der Waals surface area contributed by atoms with Gasteiger partial charge in [-0.2, -0.15) is 0 Å². The Labute approximate surface area is 127 Å². The van der Waals surface area contributed by atoms with Gasteiger partial charge in [0.05, 0.1) is 0 Å². The van der Waals surface area contributed by atoms with Gasteiger partial charge in [0.15, 0.2) is 0 Å². The molecule has 0 aliphatic heterocycles. The lowest BCUT2D eigenvalue weighted by atomic mass is 10.1. The molecule has 2 heteroatoms. The summed E-state index contributed by atoms with van der Waals surface area (Å²) >= 11 is 0. The van der Waals surface area contributed by atoms with Crippen LogP contribution >= 0.6 is 0 Å². The highest BCUT2D eigenvalue weighted by atomic mass is 16.5. The topological polar surface area (TPSA) is 21.3 Å². The zero-order chi connectivity index (χ0) is 14.9. The summed E-state index contributed by atoms with van der Waals surface area (Å²) in [5.74, 6) is 6.95. The van der Waals surface area contributed by atoms with E-state index in [9.17, 15) is 0 Å². The Balaban J connectivity index is 1.85. The quantitative estimate of drug-likeness (QED) is 0.841. The molecule has 0 bridgehead atoms. The standard InChI is InChI=1S/C19H21NO/c1-3-20-16(2)18-11-13-19(14-12-18)21-15-7-10-17-8-5-4-6-9-17/h4-6,8-9,11-14,16,20H,3,15H2,1-2H3. The van der Waals surface area contributed by atoms with Crippen molar-refractivity contribution in [1.29, 1.82) is 0 Å². The fraction of sp³-hybridized carbons (Fsp3) is 0.263. The summed E-state index contributed by atoms with van der Waals surface area (Å²) < 4.78 is 5.63. The second-order valence-electron chi connectivity index (χ2n) is 4.80. The average molecular weight is 279 g/mol. The van der Waals surface area contributed by atoms with Gasteiger partial charge in [-0.15, -0.1) is 0 Å². The number of hydrogen-bond donors (Lipinski definition) is 1. The Bertz CT molecular complexity index is 593. The molecule has 0 aromatic heterocycles. The molecule has 0 aliphatic carbocycles. The molecular formula is C19H21NO. The van der Waals surface area contributed by atoms with Crippen LogP contribution in [0.15, 0.2) is 54.6 Å². The summed E-state index contributed by atoms with van der Waals surface area (Å²) in [6, 6.07) is 18.5. The minimum Gasteiger partial charge on any atom is -0.481 e. The monoisotopic (exact) mass is 279 g/mol. The molecule has 0 spiro atoms. The Morgan fingerprint density at radius 1 is 1.05 bits per heavy atom. The SMILES string of the molecule is CCNC(C)c1ccc(OCC#Cc2ccccc2)cc1. The lowest BCUT2D eigenvalue weighted by molar-refractivity contribution is 0.370. The molecule has 108 valence electrons. The normalized spacial score (nSPS) is 11.3. The third-order valence-electron chi connectivity index (χ3n) is 3.21. The summed E-state index contributed by atoms with van der Waals surface area (Å²) in [7, 11) is 0. The predicted molar refractivity (Wildman–Crippen MR) is 87.3 cm³/mol. The van der Waals surface area contributed by atoms with E-state index < -0.39 is 0 Å². The van der Waals surface area contributed by atoms with Crippen LogP contribution in [0.2, 0.25) is 0 Å². The van der Waals surface area contributed by atoms with Crippen LogP contribution in [0.3, 0.4) is 0 Å². The number of nitrogens with one attached hydrogen (secondary N) is 1. The van der Waals surface area contributed by atoms with Crippen LogP contribution in [0.1, 0.15) is 31.0 Å². The van der Waals surface area contributed by atoms with Crippen molar-refractivity contribution < 1.29 is 4.74 Å². The van der Waals surface area contributed by atoms with Crippen molar-refractivity contribution in [2.45, 2.75) is 19.9 Å². The smallest absolute Gasteiger partial charge is 0.149 e. The van der Waals surface area contributed by atoms with Gasteiger partial charge in [0.1, 0.15) is 12.4 Å². The lowest BCUT2D eigenvalue weighted by Crippen LogP contribution is -2.17. The first kappa shape index (κ1) is 15.2. The molecule has 0 saturated carbocycles. The number of ether oxygens (including phenoxy) is 1. The lowest BCUT2D eigenvalue weighted by Gasteiger charge is -2.13. The zero-order valence-electron chi connectivity index (χ0n) is 12.6. The van der Waals surface area contributed by atoms with E-state index in [1.165, 1.54) is 5.56 Å². The Hall–Kier alpha value is -2.24. The molecule has 0 fully saturated rings. The van der Waals surface area contributed by atoms with Crippen molar-refractivity contribution in [3.63, 3.8) is 0 Å². The summed E-state index contributed by atoms with van der Waals surface area (Å²) in [6.45, 7) is 5.63. The first-order valence-electron chi connectivity index (χ1n) is 7.29. The summed E-state index contributed by atoms with van der Waals surface area (Å²) in [4.78, 5) is 0.